The van der Waals surface area contributed by atoms with Gasteiger partial charge in [0, 0.05) is 19.4 Å². The first kappa shape index (κ1) is 22.6. The van der Waals surface area contributed by atoms with Gasteiger partial charge >= 0.3 is 0 Å². The van der Waals surface area contributed by atoms with Crippen molar-refractivity contribution in [2.45, 2.75) is 26.7 Å². The first-order chi connectivity index (χ1) is 15.1. The summed E-state index contributed by atoms with van der Waals surface area (Å²) in [5.74, 6) is 1.03. The molecule has 2 amide bonds. The van der Waals surface area contributed by atoms with Gasteiger partial charge < -0.3 is 24.6 Å². The number of hydrogen-bond donors (Lipinski definition) is 1. The maximum Gasteiger partial charge on any atom is 0.227 e. The Balaban J connectivity index is 1.52. The number of hydrogen-bond acceptors (Lipinski definition) is 5. The number of nitrogens with zero attached hydrogens (tertiary/aromatic N) is 2. The molecule has 2 aromatic carbocycles. The second-order valence-corrected chi connectivity index (χ2v) is 7.28. The third-order valence-electron chi connectivity index (χ3n) is 5.32. The Kier molecular flexibility index (Phi) is 8.29. The highest BCUT2D eigenvalue weighted by molar-refractivity contribution is 5.99. The number of amides is 2. The Hall–Kier alpha value is -3.06. The van der Waals surface area contributed by atoms with Crippen molar-refractivity contribution in [2.75, 3.05) is 49.6 Å². The Bertz CT molecular complexity index is 883. The van der Waals surface area contributed by atoms with E-state index in [2.05, 4.69) is 24.1 Å². The van der Waals surface area contributed by atoms with E-state index in [-0.39, 0.29) is 24.7 Å². The molecule has 0 spiro atoms. The van der Waals surface area contributed by atoms with E-state index in [4.69, 9.17) is 9.47 Å². The van der Waals surface area contributed by atoms with Crippen LogP contribution in [0.3, 0.4) is 0 Å². The fraction of sp³-hybridized carbons (Fsp3) is 0.417. The number of anilines is 2. The standard InChI is InChI=1S/C24H31N3O4/c1-3-26(4-2)15-17-30-21-11-7-5-9-19(21)25-23(28)13-14-24(29)27-16-18-31-22-12-8-6-10-20(22)27/h5-12H,3-4,13-18H2,1-2H3,(H,25,28). The van der Waals surface area contributed by atoms with Crippen LogP contribution in [-0.4, -0.2) is 56.1 Å². The number of carbonyl (C=O) groups excluding carboxylic acids is 2. The SMILES string of the molecule is CCN(CC)CCOc1ccccc1NC(=O)CCC(=O)N1CCOc2ccccc21. The lowest BCUT2D eigenvalue weighted by atomic mass is 10.2. The van der Waals surface area contributed by atoms with Crippen LogP contribution in [-0.2, 0) is 9.59 Å². The van der Waals surface area contributed by atoms with Gasteiger partial charge in [-0.15, -0.1) is 0 Å². The summed E-state index contributed by atoms with van der Waals surface area (Å²) in [5.41, 5.74) is 1.38. The zero-order chi connectivity index (χ0) is 22.1. The highest BCUT2D eigenvalue weighted by Gasteiger charge is 2.23. The van der Waals surface area contributed by atoms with E-state index in [9.17, 15) is 9.59 Å². The van der Waals surface area contributed by atoms with Crippen LogP contribution in [0.15, 0.2) is 48.5 Å². The van der Waals surface area contributed by atoms with E-state index in [1.807, 2.05) is 48.5 Å². The minimum Gasteiger partial charge on any atom is -0.490 e. The molecule has 7 heteroatoms. The zero-order valence-corrected chi connectivity index (χ0v) is 18.3. The summed E-state index contributed by atoms with van der Waals surface area (Å²) in [7, 11) is 0. The van der Waals surface area contributed by atoms with Crippen LogP contribution in [0.1, 0.15) is 26.7 Å². The van der Waals surface area contributed by atoms with Crippen LogP contribution in [0.5, 0.6) is 11.5 Å². The minimum absolute atomic E-state index is 0.0883. The average Bonchev–Trinajstić information content (AvgIpc) is 2.81. The highest BCUT2D eigenvalue weighted by atomic mass is 16.5. The van der Waals surface area contributed by atoms with Gasteiger partial charge in [-0.25, -0.2) is 0 Å². The molecule has 0 fully saturated rings. The normalized spacial score (nSPS) is 12.8. The molecule has 7 nitrogen and oxygen atoms in total. The Morgan fingerprint density at radius 1 is 1.06 bits per heavy atom. The largest absolute Gasteiger partial charge is 0.490 e. The monoisotopic (exact) mass is 425 g/mol. The van der Waals surface area contributed by atoms with Crippen molar-refractivity contribution >= 4 is 23.2 Å². The quantitative estimate of drug-likeness (QED) is 0.630. The summed E-state index contributed by atoms with van der Waals surface area (Å²) in [4.78, 5) is 29.2. The Labute approximate surface area is 183 Å². The molecule has 1 aliphatic rings. The molecule has 0 saturated heterocycles. The summed E-state index contributed by atoms with van der Waals surface area (Å²) in [6, 6.07) is 14.8. The van der Waals surface area contributed by atoms with Crippen LogP contribution in [0.2, 0.25) is 0 Å². The van der Waals surface area contributed by atoms with Crippen molar-refractivity contribution in [3.63, 3.8) is 0 Å². The molecule has 2 aromatic rings. The summed E-state index contributed by atoms with van der Waals surface area (Å²) in [6.45, 7) is 8.49. The van der Waals surface area contributed by atoms with Crippen LogP contribution in [0.25, 0.3) is 0 Å². The molecule has 166 valence electrons. The number of benzene rings is 2. The van der Waals surface area contributed by atoms with E-state index < -0.39 is 0 Å². The predicted molar refractivity (Wildman–Crippen MR) is 122 cm³/mol. The van der Waals surface area contributed by atoms with E-state index in [0.29, 0.717) is 36.9 Å². The number of rotatable bonds is 10. The van der Waals surface area contributed by atoms with Crippen LogP contribution >= 0.6 is 0 Å². The summed E-state index contributed by atoms with van der Waals surface area (Å²) in [5, 5.41) is 2.88. The lowest BCUT2D eigenvalue weighted by Crippen LogP contribution is -2.38. The highest BCUT2D eigenvalue weighted by Crippen LogP contribution is 2.31. The number of ether oxygens (including phenoxy) is 2. The third-order valence-corrected chi connectivity index (χ3v) is 5.32. The predicted octanol–water partition coefficient (Wildman–Crippen LogP) is 3.55. The second kappa shape index (κ2) is 11.4. The fourth-order valence-electron chi connectivity index (χ4n) is 3.52. The summed E-state index contributed by atoms with van der Waals surface area (Å²) < 4.78 is 11.5. The second-order valence-electron chi connectivity index (χ2n) is 7.28. The molecule has 0 saturated carbocycles. The van der Waals surface area contributed by atoms with Crippen LogP contribution < -0.4 is 19.7 Å². The molecule has 31 heavy (non-hydrogen) atoms. The summed E-state index contributed by atoms with van der Waals surface area (Å²) >= 11 is 0. The first-order valence-electron chi connectivity index (χ1n) is 10.9. The number of carbonyl (C=O) groups is 2. The van der Waals surface area contributed by atoms with Gasteiger partial charge in [-0.2, -0.15) is 0 Å². The first-order valence-corrected chi connectivity index (χ1v) is 10.9. The van der Waals surface area contributed by atoms with Crippen molar-refractivity contribution in [1.82, 2.24) is 4.90 Å². The molecule has 0 aromatic heterocycles. The number of fused-ring (bicyclic) bond motifs is 1. The van der Waals surface area contributed by atoms with Crippen molar-refractivity contribution in [3.8, 4) is 11.5 Å². The van der Waals surface area contributed by atoms with Gasteiger partial charge in [0.05, 0.1) is 17.9 Å². The summed E-state index contributed by atoms with van der Waals surface area (Å²) in [6.07, 6.45) is 0.233. The molecular weight excluding hydrogens is 394 g/mol. The topological polar surface area (TPSA) is 71.1 Å². The smallest absolute Gasteiger partial charge is 0.227 e. The molecule has 0 radical (unpaired) electrons. The van der Waals surface area contributed by atoms with Gasteiger partial charge in [0.2, 0.25) is 11.8 Å². The maximum atomic E-state index is 12.7. The average molecular weight is 426 g/mol. The Morgan fingerprint density at radius 3 is 2.61 bits per heavy atom. The lowest BCUT2D eigenvalue weighted by Gasteiger charge is -2.29. The fourth-order valence-corrected chi connectivity index (χ4v) is 3.52. The van der Waals surface area contributed by atoms with Gasteiger partial charge in [-0.1, -0.05) is 38.1 Å². The molecule has 1 N–H and O–H groups in total. The van der Waals surface area contributed by atoms with Gasteiger partial charge in [0.25, 0.3) is 0 Å². The van der Waals surface area contributed by atoms with Gasteiger partial charge in [-0.3, -0.25) is 9.59 Å². The zero-order valence-electron chi connectivity index (χ0n) is 18.3. The van der Waals surface area contributed by atoms with E-state index in [1.165, 1.54) is 0 Å². The maximum absolute atomic E-state index is 12.7. The lowest BCUT2D eigenvalue weighted by molar-refractivity contribution is -0.122. The van der Waals surface area contributed by atoms with Crippen LogP contribution in [0.4, 0.5) is 11.4 Å². The molecule has 3 rings (SSSR count). The van der Waals surface area contributed by atoms with Crippen LogP contribution in [0, 0.1) is 0 Å². The van der Waals surface area contributed by atoms with Crippen molar-refractivity contribution in [2.24, 2.45) is 0 Å². The Morgan fingerprint density at radius 2 is 1.81 bits per heavy atom. The third kappa shape index (κ3) is 6.21. The minimum atomic E-state index is -0.213. The molecule has 0 unspecified atom stereocenters. The molecular formula is C24H31N3O4. The van der Waals surface area contributed by atoms with Gasteiger partial charge in [0.15, 0.2) is 0 Å². The molecule has 1 heterocycles. The number of para-hydroxylation sites is 4. The molecule has 0 aliphatic carbocycles. The molecule has 0 bridgehead atoms. The van der Waals surface area contributed by atoms with E-state index >= 15 is 0 Å². The number of nitrogens with one attached hydrogen (secondary N) is 1. The van der Waals surface area contributed by atoms with Crippen molar-refractivity contribution in [3.05, 3.63) is 48.5 Å². The van der Waals surface area contributed by atoms with Crippen molar-refractivity contribution in [1.29, 1.82) is 0 Å². The molecule has 0 atom stereocenters. The van der Waals surface area contributed by atoms with E-state index in [0.717, 1.165) is 25.3 Å². The molecule has 1 aliphatic heterocycles. The van der Waals surface area contributed by atoms with Gasteiger partial charge in [0.1, 0.15) is 24.7 Å². The van der Waals surface area contributed by atoms with Crippen molar-refractivity contribution < 1.29 is 19.1 Å². The van der Waals surface area contributed by atoms with Gasteiger partial charge in [-0.05, 0) is 37.4 Å². The van der Waals surface area contributed by atoms with E-state index in [1.54, 1.807) is 4.90 Å². The number of likely N-dealkylation sites (N-methyl/N-ethyl adjacent to an activating group) is 1.